The van der Waals surface area contributed by atoms with Crippen molar-refractivity contribution in [3.05, 3.63) is 65.6 Å². The van der Waals surface area contributed by atoms with E-state index >= 15 is 0 Å². The molecule has 1 N–H and O–H groups in total. The third-order valence-electron chi connectivity index (χ3n) is 6.27. The number of nitrogens with one attached hydrogen (secondary N) is 1. The van der Waals surface area contributed by atoms with E-state index in [0.29, 0.717) is 18.4 Å². The highest BCUT2D eigenvalue weighted by Crippen LogP contribution is 2.40. The number of anilines is 1. The predicted octanol–water partition coefficient (Wildman–Crippen LogP) is 4.12. The van der Waals surface area contributed by atoms with Gasteiger partial charge in [0.05, 0.1) is 24.0 Å². The molecular formula is C23H20F4N6O. The Kier molecular flexibility index (Phi) is 5.41. The number of alkyl halides is 3. The number of pyridine rings is 2. The maximum atomic E-state index is 14.5. The van der Waals surface area contributed by atoms with Gasteiger partial charge < -0.3 is 10.2 Å². The number of aromatic nitrogens is 4. The van der Waals surface area contributed by atoms with E-state index in [9.17, 15) is 22.4 Å². The molecule has 34 heavy (non-hydrogen) atoms. The van der Waals surface area contributed by atoms with E-state index in [-0.39, 0.29) is 46.7 Å². The van der Waals surface area contributed by atoms with Crippen LogP contribution < -0.4 is 5.32 Å². The summed E-state index contributed by atoms with van der Waals surface area (Å²) in [4.78, 5) is 31.0. The van der Waals surface area contributed by atoms with Crippen molar-refractivity contribution in [3.63, 3.8) is 0 Å². The topological polar surface area (TPSA) is 83.9 Å². The maximum absolute atomic E-state index is 14.5. The molecule has 0 spiro atoms. The average Bonchev–Trinajstić information content (AvgIpc) is 3.39. The predicted molar refractivity (Wildman–Crippen MR) is 114 cm³/mol. The van der Waals surface area contributed by atoms with Gasteiger partial charge in [-0.15, -0.1) is 0 Å². The first-order valence-corrected chi connectivity index (χ1v) is 10.8. The molecule has 176 valence electrons. The summed E-state index contributed by atoms with van der Waals surface area (Å²) in [6.07, 6.45) is 0.125. The molecule has 4 heterocycles. The van der Waals surface area contributed by atoms with Gasteiger partial charge in [-0.25, -0.2) is 14.4 Å². The highest BCUT2D eigenvalue weighted by Gasteiger charge is 2.47. The molecule has 2 fully saturated rings. The number of amides is 1. The van der Waals surface area contributed by atoms with Crippen molar-refractivity contribution in [2.75, 3.05) is 11.9 Å². The second-order valence-corrected chi connectivity index (χ2v) is 8.58. The van der Waals surface area contributed by atoms with Crippen LogP contribution in [0.2, 0.25) is 0 Å². The minimum Gasteiger partial charge on any atom is -0.364 e. The number of halogens is 4. The molecule has 2 aliphatic rings. The van der Waals surface area contributed by atoms with E-state index in [2.05, 4.69) is 25.3 Å². The first-order chi connectivity index (χ1) is 16.2. The highest BCUT2D eigenvalue weighted by atomic mass is 19.4. The van der Waals surface area contributed by atoms with Crippen LogP contribution in [0.25, 0.3) is 11.4 Å². The Morgan fingerprint density at radius 1 is 1.09 bits per heavy atom. The summed E-state index contributed by atoms with van der Waals surface area (Å²) in [7, 11) is 0. The number of piperidine rings is 1. The molecule has 2 bridgehead atoms. The van der Waals surface area contributed by atoms with Gasteiger partial charge >= 0.3 is 6.18 Å². The van der Waals surface area contributed by atoms with Crippen molar-refractivity contribution >= 4 is 11.7 Å². The average molecular weight is 472 g/mol. The Balaban J connectivity index is 1.39. The van der Waals surface area contributed by atoms with Crippen molar-refractivity contribution in [2.24, 2.45) is 5.92 Å². The lowest BCUT2D eigenvalue weighted by Crippen LogP contribution is -2.48. The molecule has 2 unspecified atom stereocenters. The molecule has 3 aromatic rings. The van der Waals surface area contributed by atoms with Gasteiger partial charge in [0.2, 0.25) is 0 Å². The van der Waals surface area contributed by atoms with Crippen molar-refractivity contribution in [1.29, 1.82) is 0 Å². The number of nitrogens with zero attached hydrogens (tertiary/aromatic N) is 5. The van der Waals surface area contributed by atoms with Crippen LogP contribution in [0.1, 0.15) is 34.6 Å². The first-order valence-electron chi connectivity index (χ1n) is 10.8. The van der Waals surface area contributed by atoms with Crippen LogP contribution >= 0.6 is 0 Å². The van der Waals surface area contributed by atoms with Crippen molar-refractivity contribution in [1.82, 2.24) is 24.8 Å². The van der Waals surface area contributed by atoms with E-state index in [4.69, 9.17) is 0 Å². The Morgan fingerprint density at radius 3 is 2.59 bits per heavy atom. The second-order valence-electron chi connectivity index (χ2n) is 8.58. The largest absolute Gasteiger partial charge is 0.434 e. The minimum absolute atomic E-state index is 0.00797. The molecule has 5 rings (SSSR count). The van der Waals surface area contributed by atoms with Gasteiger partial charge in [0.15, 0.2) is 11.5 Å². The summed E-state index contributed by atoms with van der Waals surface area (Å²) in [5, 5.41) is 3.13. The third kappa shape index (κ3) is 4.06. The number of aryl methyl sites for hydroxylation is 1. The standard InChI is InChI=1S/C23H20F4N6O/c1-12-4-5-14(20(31-12)21-15(24)3-2-6-28-21)22(34)33-11-13-7-16(17(33)8-13)32-19-10-29-18(9-30-19)23(25,26)27/h2-6,9-10,13,16-17H,7-8,11H2,1H3,(H,30,32)/t13-,16?,17?/m0/s1. The normalized spacial score (nSPS) is 21.7. The zero-order chi connectivity index (χ0) is 24.0. The SMILES string of the molecule is Cc1ccc(C(=O)N2C[C@H]3CC(Nc4cnc(C(F)(F)F)cn4)C2C3)c(-c2ncccc2F)n1. The Labute approximate surface area is 192 Å². The van der Waals surface area contributed by atoms with Crippen LogP contribution in [0.5, 0.6) is 0 Å². The molecule has 3 atom stereocenters. The van der Waals surface area contributed by atoms with Crippen LogP contribution in [0.15, 0.2) is 42.9 Å². The molecule has 0 radical (unpaired) electrons. The first kappa shape index (κ1) is 22.2. The Bertz CT molecular complexity index is 1230. The summed E-state index contributed by atoms with van der Waals surface area (Å²) in [5.41, 5.74) is 0.00494. The minimum atomic E-state index is -4.56. The number of hydrogen-bond acceptors (Lipinski definition) is 6. The van der Waals surface area contributed by atoms with Gasteiger partial charge in [-0.1, -0.05) is 0 Å². The molecule has 11 heteroatoms. The van der Waals surface area contributed by atoms with Gasteiger partial charge in [-0.3, -0.25) is 14.8 Å². The Morgan fingerprint density at radius 2 is 1.91 bits per heavy atom. The molecular weight excluding hydrogens is 452 g/mol. The number of hydrogen-bond donors (Lipinski definition) is 1. The van der Waals surface area contributed by atoms with Crippen LogP contribution in [-0.2, 0) is 6.18 Å². The molecule has 7 nitrogen and oxygen atoms in total. The molecule has 3 aromatic heterocycles. The van der Waals surface area contributed by atoms with E-state index in [1.54, 1.807) is 24.0 Å². The smallest absolute Gasteiger partial charge is 0.364 e. The fourth-order valence-electron chi connectivity index (χ4n) is 4.78. The molecule has 1 saturated carbocycles. The van der Waals surface area contributed by atoms with Crippen LogP contribution in [0.4, 0.5) is 23.4 Å². The number of fused-ring (bicyclic) bond motifs is 2. The molecule has 1 aliphatic heterocycles. The molecule has 1 saturated heterocycles. The number of carbonyl (C=O) groups excluding carboxylic acids is 1. The lowest BCUT2D eigenvalue weighted by molar-refractivity contribution is -0.141. The van der Waals surface area contributed by atoms with Crippen LogP contribution in [0, 0.1) is 18.7 Å². The van der Waals surface area contributed by atoms with Crippen molar-refractivity contribution in [2.45, 2.75) is 38.0 Å². The van der Waals surface area contributed by atoms with Gasteiger partial charge in [-0.05, 0) is 49.9 Å². The van der Waals surface area contributed by atoms with Gasteiger partial charge in [0.25, 0.3) is 5.91 Å². The zero-order valence-electron chi connectivity index (χ0n) is 18.1. The third-order valence-corrected chi connectivity index (χ3v) is 6.27. The van der Waals surface area contributed by atoms with E-state index < -0.39 is 17.7 Å². The van der Waals surface area contributed by atoms with Crippen molar-refractivity contribution in [3.8, 4) is 11.4 Å². The van der Waals surface area contributed by atoms with Gasteiger partial charge in [0.1, 0.15) is 17.2 Å². The Hall–Kier alpha value is -3.63. The second kappa shape index (κ2) is 8.30. The summed E-state index contributed by atoms with van der Waals surface area (Å²) in [6.45, 7) is 2.29. The van der Waals surface area contributed by atoms with Crippen LogP contribution in [-0.4, -0.2) is 49.4 Å². The molecule has 1 amide bonds. The summed E-state index contributed by atoms with van der Waals surface area (Å²) >= 11 is 0. The van der Waals surface area contributed by atoms with Crippen LogP contribution in [0.3, 0.4) is 0 Å². The molecule has 0 aromatic carbocycles. The number of rotatable bonds is 4. The quantitative estimate of drug-likeness (QED) is 0.576. The number of carbonyl (C=O) groups is 1. The fourth-order valence-corrected chi connectivity index (χ4v) is 4.78. The lowest BCUT2D eigenvalue weighted by atomic mass is 10.0. The summed E-state index contributed by atoms with van der Waals surface area (Å²) in [6, 6.07) is 5.68. The van der Waals surface area contributed by atoms with E-state index in [0.717, 1.165) is 19.0 Å². The summed E-state index contributed by atoms with van der Waals surface area (Å²) in [5.74, 6) is -0.406. The summed E-state index contributed by atoms with van der Waals surface area (Å²) < 4.78 is 52.7. The highest BCUT2D eigenvalue weighted by molar-refractivity contribution is 6.00. The van der Waals surface area contributed by atoms with E-state index in [1.165, 1.54) is 18.3 Å². The van der Waals surface area contributed by atoms with E-state index in [1.807, 2.05) is 0 Å². The molecule has 1 aliphatic carbocycles. The van der Waals surface area contributed by atoms with Crippen molar-refractivity contribution < 1.29 is 22.4 Å². The fraction of sp³-hybridized carbons (Fsp3) is 0.348. The lowest BCUT2D eigenvalue weighted by Gasteiger charge is -2.34. The van der Waals surface area contributed by atoms with Gasteiger partial charge in [-0.2, -0.15) is 13.2 Å². The van der Waals surface area contributed by atoms with Gasteiger partial charge in [0, 0.05) is 24.5 Å². The maximum Gasteiger partial charge on any atom is 0.434 e. The zero-order valence-corrected chi connectivity index (χ0v) is 18.1. The monoisotopic (exact) mass is 472 g/mol. The number of likely N-dealkylation sites (tertiary alicyclic amines) is 1.